The van der Waals surface area contributed by atoms with E-state index in [9.17, 15) is 9.18 Å². The zero-order chi connectivity index (χ0) is 21.9. The topological polar surface area (TPSA) is 86.3 Å². The fourth-order valence-electron chi connectivity index (χ4n) is 3.84. The molecular formula is C23H20FN5O3. The normalized spacial score (nSPS) is 15.8. The molecule has 1 saturated heterocycles. The van der Waals surface area contributed by atoms with Crippen LogP contribution in [0.15, 0.2) is 71.8 Å². The summed E-state index contributed by atoms with van der Waals surface area (Å²) in [6.45, 7) is 1.14. The maximum absolute atomic E-state index is 14.1. The Balaban J connectivity index is 1.18. The molecule has 1 fully saturated rings. The maximum atomic E-state index is 14.1. The molecule has 1 aliphatic rings. The molecule has 2 aromatic carbocycles. The number of carbonyl (C=O) groups is 1. The highest BCUT2D eigenvalue weighted by molar-refractivity contribution is 5.92. The summed E-state index contributed by atoms with van der Waals surface area (Å²) in [5.41, 5.74) is 1.73. The van der Waals surface area contributed by atoms with Gasteiger partial charge in [0.15, 0.2) is 11.5 Å². The summed E-state index contributed by atoms with van der Waals surface area (Å²) in [5.74, 6) is 0.609. The van der Waals surface area contributed by atoms with E-state index in [4.69, 9.17) is 9.26 Å². The van der Waals surface area contributed by atoms with Crippen molar-refractivity contribution in [2.24, 2.45) is 0 Å². The number of rotatable bonds is 6. The molecule has 0 N–H and O–H groups in total. The van der Waals surface area contributed by atoms with Crippen molar-refractivity contribution in [3.05, 3.63) is 90.1 Å². The number of halogens is 1. The molecule has 2 aromatic heterocycles. The van der Waals surface area contributed by atoms with Crippen LogP contribution in [0, 0.1) is 5.82 Å². The van der Waals surface area contributed by atoms with E-state index in [1.54, 1.807) is 34.1 Å². The average Bonchev–Trinajstić information content (AvgIpc) is 3.60. The minimum atomic E-state index is -0.234. The first-order valence-electron chi connectivity index (χ1n) is 10.2. The zero-order valence-corrected chi connectivity index (χ0v) is 17.1. The van der Waals surface area contributed by atoms with Crippen LogP contribution in [0.5, 0.6) is 5.75 Å². The van der Waals surface area contributed by atoms with Crippen LogP contribution >= 0.6 is 0 Å². The summed E-state index contributed by atoms with van der Waals surface area (Å²) >= 11 is 0. The number of nitrogens with zero attached hydrogens (tertiary/aromatic N) is 5. The molecule has 8 nitrogen and oxygen atoms in total. The van der Waals surface area contributed by atoms with Gasteiger partial charge in [0, 0.05) is 25.1 Å². The second-order valence-electron chi connectivity index (χ2n) is 7.56. The number of aromatic nitrogens is 4. The number of benzene rings is 2. The monoisotopic (exact) mass is 433 g/mol. The number of carbonyl (C=O) groups excluding carboxylic acids is 1. The number of ether oxygens (including phenoxy) is 1. The lowest BCUT2D eigenvalue weighted by Gasteiger charge is -2.15. The fourth-order valence-corrected chi connectivity index (χ4v) is 3.84. The molecule has 4 aromatic rings. The lowest BCUT2D eigenvalue weighted by molar-refractivity contribution is 0.0780. The lowest BCUT2D eigenvalue weighted by Crippen LogP contribution is -2.28. The Hall–Kier alpha value is -4.01. The third-order valence-electron chi connectivity index (χ3n) is 5.50. The Morgan fingerprint density at radius 3 is 2.81 bits per heavy atom. The highest BCUT2D eigenvalue weighted by Crippen LogP contribution is 2.29. The van der Waals surface area contributed by atoms with Crippen LogP contribution < -0.4 is 4.74 Å². The van der Waals surface area contributed by atoms with Crippen LogP contribution in [0.3, 0.4) is 0 Å². The Bertz CT molecular complexity index is 1210. The van der Waals surface area contributed by atoms with Gasteiger partial charge in [0.2, 0.25) is 0 Å². The average molecular weight is 433 g/mol. The first kappa shape index (κ1) is 19.9. The first-order chi connectivity index (χ1) is 15.7. The quantitative estimate of drug-likeness (QED) is 0.462. The summed E-state index contributed by atoms with van der Waals surface area (Å²) < 4.78 is 26.7. The van der Waals surface area contributed by atoms with Gasteiger partial charge in [-0.15, -0.1) is 0 Å². The Morgan fingerprint density at radius 1 is 1.19 bits per heavy atom. The van der Waals surface area contributed by atoms with Crippen LogP contribution in [0.4, 0.5) is 4.39 Å². The maximum Gasteiger partial charge on any atom is 0.276 e. The van der Waals surface area contributed by atoms with E-state index < -0.39 is 0 Å². The summed E-state index contributed by atoms with van der Waals surface area (Å²) in [6.07, 6.45) is 3.79. The molecule has 162 valence electrons. The van der Waals surface area contributed by atoms with Crippen molar-refractivity contribution < 1.29 is 18.4 Å². The lowest BCUT2D eigenvalue weighted by atomic mass is 9.98. The zero-order valence-electron chi connectivity index (χ0n) is 17.1. The molecule has 1 aliphatic heterocycles. The van der Waals surface area contributed by atoms with Gasteiger partial charge in [0.05, 0.1) is 5.69 Å². The third-order valence-corrected chi connectivity index (χ3v) is 5.50. The van der Waals surface area contributed by atoms with Crippen LogP contribution in [-0.4, -0.2) is 43.8 Å². The molecule has 1 atom stereocenters. The van der Waals surface area contributed by atoms with Crippen LogP contribution in [0.1, 0.15) is 34.2 Å². The first-order valence-corrected chi connectivity index (χ1v) is 10.2. The molecule has 9 heteroatoms. The SMILES string of the molecule is O=C(c1cc(COc2ccc(-n3cncn3)cc2)on1)N1CCC(c2ccccc2F)C1. The highest BCUT2D eigenvalue weighted by Gasteiger charge is 2.30. The fraction of sp³-hybridized carbons (Fsp3) is 0.217. The summed E-state index contributed by atoms with van der Waals surface area (Å²) in [7, 11) is 0. The molecule has 32 heavy (non-hydrogen) atoms. The second-order valence-corrected chi connectivity index (χ2v) is 7.56. The van der Waals surface area contributed by atoms with Crippen molar-refractivity contribution in [1.82, 2.24) is 24.8 Å². The van der Waals surface area contributed by atoms with Crippen molar-refractivity contribution in [3.8, 4) is 11.4 Å². The van der Waals surface area contributed by atoms with E-state index in [0.29, 0.717) is 36.6 Å². The third kappa shape index (κ3) is 4.09. The number of likely N-dealkylation sites (tertiary alicyclic amines) is 1. The van der Waals surface area contributed by atoms with Crippen molar-refractivity contribution >= 4 is 5.91 Å². The molecule has 0 radical (unpaired) electrons. The molecule has 3 heterocycles. The van der Waals surface area contributed by atoms with Gasteiger partial charge in [-0.1, -0.05) is 23.4 Å². The van der Waals surface area contributed by atoms with E-state index >= 15 is 0 Å². The predicted octanol–water partition coefficient (Wildman–Crippen LogP) is 3.60. The smallest absolute Gasteiger partial charge is 0.276 e. The van der Waals surface area contributed by atoms with Gasteiger partial charge < -0.3 is 14.2 Å². The molecular weight excluding hydrogens is 413 g/mol. The minimum Gasteiger partial charge on any atom is -0.486 e. The Labute approximate surface area is 183 Å². The highest BCUT2D eigenvalue weighted by atomic mass is 19.1. The summed E-state index contributed by atoms with van der Waals surface area (Å²) in [6, 6.07) is 15.6. The van der Waals surface area contributed by atoms with Crippen LogP contribution in [-0.2, 0) is 6.61 Å². The van der Waals surface area contributed by atoms with Gasteiger partial charge in [0.1, 0.15) is 30.8 Å². The van der Waals surface area contributed by atoms with Gasteiger partial charge in [-0.2, -0.15) is 5.10 Å². The van der Waals surface area contributed by atoms with Crippen molar-refractivity contribution in [1.29, 1.82) is 0 Å². The Morgan fingerprint density at radius 2 is 2.03 bits per heavy atom. The van der Waals surface area contributed by atoms with E-state index in [-0.39, 0.29) is 29.9 Å². The summed E-state index contributed by atoms with van der Waals surface area (Å²) in [5, 5.41) is 7.97. The van der Waals surface area contributed by atoms with E-state index in [0.717, 1.165) is 5.69 Å². The Kier molecular flexibility index (Phi) is 5.37. The molecule has 0 aliphatic carbocycles. The predicted molar refractivity (Wildman–Crippen MR) is 112 cm³/mol. The standard InChI is InChI=1S/C23H20FN5O3/c24-21-4-2-1-3-20(21)16-9-10-28(12-16)23(30)22-11-19(32-27-22)13-31-18-7-5-17(6-8-18)29-15-25-14-26-29/h1-8,11,14-16H,9-10,12-13H2. The molecule has 1 amide bonds. The van der Waals surface area contributed by atoms with Crippen LogP contribution in [0.2, 0.25) is 0 Å². The molecule has 0 spiro atoms. The van der Waals surface area contributed by atoms with Crippen molar-refractivity contribution in [2.45, 2.75) is 18.9 Å². The van der Waals surface area contributed by atoms with Gasteiger partial charge >= 0.3 is 0 Å². The van der Waals surface area contributed by atoms with E-state index in [1.807, 2.05) is 30.3 Å². The van der Waals surface area contributed by atoms with Gasteiger partial charge in [-0.25, -0.2) is 14.1 Å². The van der Waals surface area contributed by atoms with Gasteiger partial charge in [0.25, 0.3) is 5.91 Å². The molecule has 0 bridgehead atoms. The molecule has 1 unspecified atom stereocenters. The second kappa shape index (κ2) is 8.62. The van der Waals surface area contributed by atoms with Crippen molar-refractivity contribution in [2.75, 3.05) is 13.1 Å². The molecule has 0 saturated carbocycles. The van der Waals surface area contributed by atoms with Crippen molar-refractivity contribution in [3.63, 3.8) is 0 Å². The van der Waals surface area contributed by atoms with Gasteiger partial charge in [-0.05, 0) is 42.3 Å². The number of amides is 1. The largest absolute Gasteiger partial charge is 0.486 e. The summed E-state index contributed by atoms with van der Waals surface area (Å²) in [4.78, 5) is 18.4. The van der Waals surface area contributed by atoms with E-state index in [1.165, 1.54) is 12.4 Å². The minimum absolute atomic E-state index is 0.0182. The number of hydrogen-bond acceptors (Lipinski definition) is 6. The van der Waals surface area contributed by atoms with Crippen LogP contribution in [0.25, 0.3) is 5.69 Å². The number of hydrogen-bond donors (Lipinski definition) is 0. The van der Waals surface area contributed by atoms with Gasteiger partial charge in [-0.3, -0.25) is 4.79 Å². The van der Waals surface area contributed by atoms with E-state index in [2.05, 4.69) is 15.2 Å². The molecule has 5 rings (SSSR count).